The van der Waals surface area contributed by atoms with Crippen molar-refractivity contribution in [1.29, 1.82) is 0 Å². The van der Waals surface area contributed by atoms with Crippen molar-refractivity contribution >= 4 is 0 Å². The summed E-state index contributed by atoms with van der Waals surface area (Å²) >= 11 is 0. The number of hydrogen-bond acceptors (Lipinski definition) is 3. The average molecular weight is 225 g/mol. The Labute approximate surface area is 90.2 Å². The van der Waals surface area contributed by atoms with Gasteiger partial charge < -0.3 is 5.11 Å². The van der Waals surface area contributed by atoms with Gasteiger partial charge in [0, 0.05) is 5.56 Å². The van der Waals surface area contributed by atoms with Crippen LogP contribution in [0.15, 0.2) is 30.9 Å². The molecular weight excluding hydrogens is 216 g/mol. The number of aliphatic hydroxyl groups excluding tert-OH is 1. The van der Waals surface area contributed by atoms with Crippen molar-refractivity contribution < 1.29 is 13.9 Å². The maximum Gasteiger partial charge on any atom is 0.137 e. The highest BCUT2D eigenvalue weighted by Gasteiger charge is 2.14. The van der Waals surface area contributed by atoms with Crippen molar-refractivity contribution in [2.24, 2.45) is 0 Å². The molecule has 1 atom stereocenters. The van der Waals surface area contributed by atoms with Crippen molar-refractivity contribution in [2.75, 3.05) is 0 Å². The van der Waals surface area contributed by atoms with Gasteiger partial charge in [0.15, 0.2) is 0 Å². The minimum absolute atomic E-state index is 0.0281. The highest BCUT2D eigenvalue weighted by Crippen LogP contribution is 2.19. The molecular formula is C10H9F2N3O. The first-order chi connectivity index (χ1) is 7.66. The number of rotatable bonds is 3. The highest BCUT2D eigenvalue weighted by atomic mass is 19.1. The van der Waals surface area contributed by atoms with Gasteiger partial charge in [0.2, 0.25) is 0 Å². The zero-order valence-electron chi connectivity index (χ0n) is 8.22. The number of aromatic nitrogens is 3. The molecule has 0 aliphatic carbocycles. The summed E-state index contributed by atoms with van der Waals surface area (Å²) in [6.45, 7) is 0.0281. The van der Waals surface area contributed by atoms with E-state index in [-0.39, 0.29) is 12.1 Å². The molecule has 0 bridgehead atoms. The predicted molar refractivity (Wildman–Crippen MR) is 51.3 cm³/mol. The minimum atomic E-state index is -1.16. The fraction of sp³-hybridized carbons (Fsp3) is 0.200. The van der Waals surface area contributed by atoms with Crippen LogP contribution in [0.4, 0.5) is 8.78 Å². The third-order valence-electron chi connectivity index (χ3n) is 2.14. The first-order valence-corrected chi connectivity index (χ1v) is 4.62. The van der Waals surface area contributed by atoms with Gasteiger partial charge in [-0.3, -0.25) is 4.68 Å². The SMILES string of the molecule is OC(Cn1cncn1)c1cc(F)ccc1F. The van der Waals surface area contributed by atoms with E-state index in [2.05, 4.69) is 10.1 Å². The van der Waals surface area contributed by atoms with E-state index in [1.165, 1.54) is 17.3 Å². The molecule has 1 N–H and O–H groups in total. The maximum absolute atomic E-state index is 13.3. The van der Waals surface area contributed by atoms with Gasteiger partial charge in [0.1, 0.15) is 30.4 Å². The van der Waals surface area contributed by atoms with Crippen LogP contribution < -0.4 is 0 Å². The predicted octanol–water partition coefficient (Wildman–Crippen LogP) is 1.29. The second-order valence-electron chi connectivity index (χ2n) is 3.30. The quantitative estimate of drug-likeness (QED) is 0.856. The van der Waals surface area contributed by atoms with E-state index in [1.807, 2.05) is 0 Å². The van der Waals surface area contributed by atoms with Gasteiger partial charge in [-0.2, -0.15) is 5.10 Å². The summed E-state index contributed by atoms with van der Waals surface area (Å²) in [7, 11) is 0. The Morgan fingerprint density at radius 2 is 2.19 bits per heavy atom. The van der Waals surface area contributed by atoms with Crippen molar-refractivity contribution in [3.8, 4) is 0 Å². The summed E-state index contributed by atoms with van der Waals surface area (Å²) in [4.78, 5) is 3.68. The summed E-state index contributed by atoms with van der Waals surface area (Å²) in [6.07, 6.45) is 1.53. The lowest BCUT2D eigenvalue weighted by Crippen LogP contribution is -2.11. The molecule has 0 aliphatic heterocycles. The molecule has 0 spiro atoms. The lowest BCUT2D eigenvalue weighted by atomic mass is 10.1. The molecule has 2 rings (SSSR count). The largest absolute Gasteiger partial charge is 0.386 e. The summed E-state index contributed by atoms with van der Waals surface area (Å²) < 4.78 is 27.5. The lowest BCUT2D eigenvalue weighted by molar-refractivity contribution is 0.146. The zero-order chi connectivity index (χ0) is 11.5. The lowest BCUT2D eigenvalue weighted by Gasteiger charge is -2.11. The second kappa shape index (κ2) is 4.36. The van der Waals surface area contributed by atoms with E-state index in [0.29, 0.717) is 0 Å². The summed E-state index contributed by atoms with van der Waals surface area (Å²) in [6, 6.07) is 2.95. The van der Waals surface area contributed by atoms with Crippen LogP contribution in [0, 0.1) is 11.6 Å². The number of nitrogens with zero attached hydrogens (tertiary/aromatic N) is 3. The Bertz CT molecular complexity index is 473. The molecule has 0 saturated carbocycles. The van der Waals surface area contributed by atoms with E-state index in [0.717, 1.165) is 18.2 Å². The zero-order valence-corrected chi connectivity index (χ0v) is 8.22. The molecule has 0 aliphatic rings. The van der Waals surface area contributed by atoms with Crippen LogP contribution in [0.3, 0.4) is 0 Å². The third kappa shape index (κ3) is 2.22. The Morgan fingerprint density at radius 1 is 1.38 bits per heavy atom. The first kappa shape index (κ1) is 10.7. The fourth-order valence-electron chi connectivity index (χ4n) is 1.37. The smallest absolute Gasteiger partial charge is 0.137 e. The fourth-order valence-corrected chi connectivity index (χ4v) is 1.37. The molecule has 2 aromatic rings. The number of hydrogen-bond donors (Lipinski definition) is 1. The van der Waals surface area contributed by atoms with E-state index < -0.39 is 17.7 Å². The summed E-state index contributed by atoms with van der Waals surface area (Å²) in [5.74, 6) is -1.23. The molecule has 16 heavy (non-hydrogen) atoms. The molecule has 1 heterocycles. The van der Waals surface area contributed by atoms with Crippen LogP contribution in [0.2, 0.25) is 0 Å². The van der Waals surface area contributed by atoms with Crippen molar-refractivity contribution in [3.63, 3.8) is 0 Å². The second-order valence-corrected chi connectivity index (χ2v) is 3.30. The Morgan fingerprint density at radius 3 is 2.88 bits per heavy atom. The first-order valence-electron chi connectivity index (χ1n) is 4.62. The van der Waals surface area contributed by atoms with Gasteiger partial charge in [0.25, 0.3) is 0 Å². The molecule has 0 saturated heterocycles. The van der Waals surface area contributed by atoms with Crippen LogP contribution in [0.5, 0.6) is 0 Å². The molecule has 6 heteroatoms. The molecule has 1 unspecified atom stereocenters. The van der Waals surface area contributed by atoms with Crippen LogP contribution in [0.1, 0.15) is 11.7 Å². The van der Waals surface area contributed by atoms with Gasteiger partial charge in [-0.25, -0.2) is 13.8 Å². The Kier molecular flexibility index (Phi) is 2.91. The van der Waals surface area contributed by atoms with Gasteiger partial charge in [0.05, 0.1) is 6.54 Å². The van der Waals surface area contributed by atoms with E-state index >= 15 is 0 Å². The molecule has 1 aromatic heterocycles. The minimum Gasteiger partial charge on any atom is -0.386 e. The van der Waals surface area contributed by atoms with Crippen molar-refractivity contribution in [2.45, 2.75) is 12.6 Å². The van der Waals surface area contributed by atoms with E-state index in [4.69, 9.17) is 0 Å². The van der Waals surface area contributed by atoms with Crippen LogP contribution in [0.25, 0.3) is 0 Å². The summed E-state index contributed by atoms with van der Waals surface area (Å²) in [5, 5.41) is 13.5. The monoisotopic (exact) mass is 225 g/mol. The molecule has 0 fully saturated rings. The maximum atomic E-state index is 13.3. The number of aliphatic hydroxyl groups is 1. The molecule has 84 valence electrons. The standard InChI is InChI=1S/C10H9F2N3O/c11-7-1-2-9(12)8(3-7)10(16)4-15-6-13-5-14-15/h1-3,5-6,10,16H,4H2. The van der Waals surface area contributed by atoms with E-state index in [1.54, 1.807) is 0 Å². The summed E-state index contributed by atoms with van der Waals surface area (Å²) in [5.41, 5.74) is -0.0875. The molecule has 0 amide bonds. The molecule has 4 nitrogen and oxygen atoms in total. The van der Waals surface area contributed by atoms with E-state index in [9.17, 15) is 13.9 Å². The van der Waals surface area contributed by atoms with Crippen LogP contribution in [-0.4, -0.2) is 19.9 Å². The average Bonchev–Trinajstić information content (AvgIpc) is 2.74. The number of halogens is 2. The molecule has 0 radical (unpaired) electrons. The van der Waals surface area contributed by atoms with Crippen molar-refractivity contribution in [3.05, 3.63) is 48.1 Å². The normalized spacial score (nSPS) is 12.7. The van der Waals surface area contributed by atoms with Crippen LogP contribution in [-0.2, 0) is 6.54 Å². The Balaban J connectivity index is 2.20. The number of benzene rings is 1. The van der Waals surface area contributed by atoms with Crippen LogP contribution >= 0.6 is 0 Å². The molecule has 1 aromatic carbocycles. The van der Waals surface area contributed by atoms with Gasteiger partial charge in [-0.05, 0) is 18.2 Å². The third-order valence-corrected chi connectivity index (χ3v) is 2.14. The van der Waals surface area contributed by atoms with Gasteiger partial charge >= 0.3 is 0 Å². The van der Waals surface area contributed by atoms with Gasteiger partial charge in [-0.15, -0.1) is 0 Å². The topological polar surface area (TPSA) is 50.9 Å². The Hall–Kier alpha value is -1.82. The van der Waals surface area contributed by atoms with Crippen molar-refractivity contribution in [1.82, 2.24) is 14.8 Å². The highest BCUT2D eigenvalue weighted by molar-refractivity contribution is 5.20. The van der Waals surface area contributed by atoms with Gasteiger partial charge in [-0.1, -0.05) is 0 Å².